The molecule has 0 saturated carbocycles. The third-order valence-corrected chi connectivity index (χ3v) is 3.02. The van der Waals surface area contributed by atoms with Gasteiger partial charge in [-0.3, -0.25) is 4.79 Å². The van der Waals surface area contributed by atoms with Crippen molar-refractivity contribution < 1.29 is 18.7 Å². The van der Waals surface area contributed by atoms with Crippen molar-refractivity contribution in [2.45, 2.75) is 6.92 Å². The maximum Gasteiger partial charge on any atom is 0.259 e. The summed E-state index contributed by atoms with van der Waals surface area (Å²) >= 11 is 0. The average Bonchev–Trinajstić information content (AvgIpc) is 2.50. The van der Waals surface area contributed by atoms with Crippen molar-refractivity contribution in [2.24, 2.45) is 0 Å². The van der Waals surface area contributed by atoms with Gasteiger partial charge in [0.1, 0.15) is 17.3 Å². The Morgan fingerprint density at radius 3 is 2.52 bits per heavy atom. The number of carbonyl (C=O) groups is 1. The number of carbonyl (C=O) groups excluding carboxylic acids is 1. The topological polar surface area (TPSA) is 47.6 Å². The number of halogens is 1. The Morgan fingerprint density at radius 1 is 1.10 bits per heavy atom. The molecule has 0 aromatic heterocycles. The number of amides is 1. The highest BCUT2D eigenvalue weighted by Gasteiger charge is 2.15. The number of ether oxygens (including phenoxy) is 2. The number of hydrogen-bond donors (Lipinski definition) is 1. The van der Waals surface area contributed by atoms with E-state index in [-0.39, 0.29) is 5.69 Å². The van der Waals surface area contributed by atoms with E-state index in [1.165, 1.54) is 20.3 Å². The Morgan fingerprint density at radius 2 is 1.86 bits per heavy atom. The minimum Gasteiger partial charge on any atom is -0.497 e. The summed E-state index contributed by atoms with van der Waals surface area (Å²) < 4.78 is 23.9. The van der Waals surface area contributed by atoms with Crippen molar-refractivity contribution in [3.8, 4) is 11.5 Å². The van der Waals surface area contributed by atoms with E-state index in [1.54, 1.807) is 30.3 Å². The highest BCUT2D eigenvalue weighted by atomic mass is 19.1. The largest absolute Gasteiger partial charge is 0.497 e. The van der Waals surface area contributed by atoms with E-state index in [0.29, 0.717) is 17.1 Å². The van der Waals surface area contributed by atoms with E-state index in [1.807, 2.05) is 6.92 Å². The molecular formula is C16H16FNO3. The van der Waals surface area contributed by atoms with Crippen LogP contribution in [0.3, 0.4) is 0 Å². The fourth-order valence-electron chi connectivity index (χ4n) is 1.91. The van der Waals surface area contributed by atoms with Crippen LogP contribution in [0.15, 0.2) is 36.4 Å². The van der Waals surface area contributed by atoms with Gasteiger partial charge in [-0.05, 0) is 36.8 Å². The van der Waals surface area contributed by atoms with Crippen molar-refractivity contribution in [2.75, 3.05) is 19.5 Å². The molecule has 0 spiro atoms. The summed E-state index contributed by atoms with van der Waals surface area (Å²) in [7, 11) is 2.98. The zero-order chi connectivity index (χ0) is 15.4. The first kappa shape index (κ1) is 14.8. The molecule has 1 amide bonds. The van der Waals surface area contributed by atoms with Crippen LogP contribution in [0, 0.1) is 12.7 Å². The van der Waals surface area contributed by atoms with Gasteiger partial charge in [-0.1, -0.05) is 6.07 Å². The number of aryl methyl sites for hydroxylation is 1. The molecule has 0 bridgehead atoms. The van der Waals surface area contributed by atoms with Gasteiger partial charge in [-0.2, -0.15) is 0 Å². The predicted molar refractivity (Wildman–Crippen MR) is 78.6 cm³/mol. The van der Waals surface area contributed by atoms with Crippen LogP contribution in [0.25, 0.3) is 0 Å². The second-order valence-electron chi connectivity index (χ2n) is 4.50. The van der Waals surface area contributed by atoms with E-state index in [9.17, 15) is 9.18 Å². The second kappa shape index (κ2) is 6.26. The van der Waals surface area contributed by atoms with Gasteiger partial charge < -0.3 is 14.8 Å². The molecule has 0 aliphatic rings. The lowest BCUT2D eigenvalue weighted by Crippen LogP contribution is -2.14. The number of benzene rings is 2. The molecule has 0 aliphatic heterocycles. The van der Waals surface area contributed by atoms with E-state index < -0.39 is 11.7 Å². The fraction of sp³-hybridized carbons (Fsp3) is 0.188. The Hall–Kier alpha value is -2.56. The van der Waals surface area contributed by atoms with Gasteiger partial charge in [0.15, 0.2) is 0 Å². The second-order valence-corrected chi connectivity index (χ2v) is 4.50. The van der Waals surface area contributed by atoms with Crippen molar-refractivity contribution in [1.29, 1.82) is 0 Å². The van der Waals surface area contributed by atoms with Gasteiger partial charge in [-0.15, -0.1) is 0 Å². The smallest absolute Gasteiger partial charge is 0.259 e. The van der Waals surface area contributed by atoms with E-state index in [0.717, 1.165) is 5.56 Å². The van der Waals surface area contributed by atoms with Crippen molar-refractivity contribution in [3.05, 3.63) is 53.3 Å². The lowest BCUT2D eigenvalue weighted by molar-refractivity contribution is 0.102. The molecule has 1 N–H and O–H groups in total. The molecule has 110 valence electrons. The number of rotatable bonds is 4. The maximum atomic E-state index is 13.7. The minimum absolute atomic E-state index is 0.137. The summed E-state index contributed by atoms with van der Waals surface area (Å²) in [5.41, 5.74) is 1.30. The predicted octanol–water partition coefficient (Wildman–Crippen LogP) is 3.40. The zero-order valence-electron chi connectivity index (χ0n) is 12.1. The SMILES string of the molecule is COc1ccc(C(=O)Nc2cc(C)ccc2F)c(OC)c1. The molecule has 0 heterocycles. The van der Waals surface area contributed by atoms with Crippen LogP contribution in [0.1, 0.15) is 15.9 Å². The van der Waals surface area contributed by atoms with Crippen LogP contribution in [0.2, 0.25) is 0 Å². The molecule has 21 heavy (non-hydrogen) atoms. The molecule has 2 rings (SSSR count). The average molecular weight is 289 g/mol. The molecule has 4 nitrogen and oxygen atoms in total. The molecular weight excluding hydrogens is 273 g/mol. The van der Waals surface area contributed by atoms with E-state index in [2.05, 4.69) is 5.32 Å². The maximum absolute atomic E-state index is 13.7. The molecule has 2 aromatic rings. The van der Waals surface area contributed by atoms with Gasteiger partial charge in [0.2, 0.25) is 0 Å². The van der Waals surface area contributed by atoms with Crippen LogP contribution < -0.4 is 14.8 Å². The molecule has 5 heteroatoms. The lowest BCUT2D eigenvalue weighted by Gasteiger charge is -2.11. The van der Waals surface area contributed by atoms with Gasteiger partial charge in [0, 0.05) is 6.07 Å². The minimum atomic E-state index is -0.485. The molecule has 0 unspecified atom stereocenters. The zero-order valence-corrected chi connectivity index (χ0v) is 12.1. The van der Waals surface area contributed by atoms with E-state index in [4.69, 9.17) is 9.47 Å². The Balaban J connectivity index is 2.30. The number of methoxy groups -OCH3 is 2. The number of hydrogen-bond acceptors (Lipinski definition) is 3. The molecule has 2 aromatic carbocycles. The summed E-state index contributed by atoms with van der Waals surface area (Å²) in [6.07, 6.45) is 0. The fourth-order valence-corrected chi connectivity index (χ4v) is 1.91. The third-order valence-electron chi connectivity index (χ3n) is 3.02. The van der Waals surface area contributed by atoms with Gasteiger partial charge >= 0.3 is 0 Å². The van der Waals surface area contributed by atoms with Crippen molar-refractivity contribution in [3.63, 3.8) is 0 Å². The van der Waals surface area contributed by atoms with Gasteiger partial charge in [0.05, 0.1) is 25.5 Å². The van der Waals surface area contributed by atoms with Crippen LogP contribution >= 0.6 is 0 Å². The van der Waals surface area contributed by atoms with Gasteiger partial charge in [0.25, 0.3) is 5.91 Å². The van der Waals surface area contributed by atoms with E-state index >= 15 is 0 Å². The first-order valence-electron chi connectivity index (χ1n) is 6.34. The summed E-state index contributed by atoms with van der Waals surface area (Å²) in [5.74, 6) is 0.00507. The highest BCUT2D eigenvalue weighted by Crippen LogP contribution is 2.26. The third kappa shape index (κ3) is 3.31. The summed E-state index contributed by atoms with van der Waals surface area (Å²) in [6.45, 7) is 1.82. The molecule has 0 aliphatic carbocycles. The van der Waals surface area contributed by atoms with Crippen LogP contribution in [0.5, 0.6) is 11.5 Å². The number of nitrogens with one attached hydrogen (secondary N) is 1. The van der Waals surface area contributed by atoms with Gasteiger partial charge in [-0.25, -0.2) is 4.39 Å². The molecule has 0 saturated heterocycles. The first-order valence-corrected chi connectivity index (χ1v) is 6.34. The molecule has 0 atom stereocenters. The Labute approximate surface area is 122 Å². The standard InChI is InChI=1S/C16H16FNO3/c1-10-4-7-13(17)14(8-10)18-16(19)12-6-5-11(20-2)9-15(12)21-3/h4-9H,1-3H3,(H,18,19). The lowest BCUT2D eigenvalue weighted by atomic mass is 10.1. The summed E-state index contributed by atoms with van der Waals surface area (Å²) in [4.78, 5) is 12.3. The van der Waals surface area contributed by atoms with Crippen LogP contribution in [0.4, 0.5) is 10.1 Å². The first-order chi connectivity index (χ1) is 10.0. The Kier molecular flexibility index (Phi) is 4.42. The van der Waals surface area contributed by atoms with Crippen LogP contribution in [-0.2, 0) is 0 Å². The number of anilines is 1. The monoisotopic (exact) mass is 289 g/mol. The quantitative estimate of drug-likeness (QED) is 0.938. The summed E-state index contributed by atoms with van der Waals surface area (Å²) in [5, 5.41) is 2.54. The summed E-state index contributed by atoms with van der Waals surface area (Å²) in [6, 6.07) is 9.34. The normalized spacial score (nSPS) is 10.1. The van der Waals surface area contributed by atoms with Crippen molar-refractivity contribution in [1.82, 2.24) is 0 Å². The Bertz CT molecular complexity index is 671. The van der Waals surface area contributed by atoms with Crippen molar-refractivity contribution >= 4 is 11.6 Å². The highest BCUT2D eigenvalue weighted by molar-refractivity contribution is 6.06. The molecule has 0 radical (unpaired) electrons. The molecule has 0 fully saturated rings. The van der Waals surface area contributed by atoms with Crippen LogP contribution in [-0.4, -0.2) is 20.1 Å².